The molecule has 0 aliphatic carbocycles. The lowest BCUT2D eigenvalue weighted by Crippen LogP contribution is -2.22. The van der Waals surface area contributed by atoms with Crippen LogP contribution in [-0.4, -0.2) is 40.0 Å². The van der Waals surface area contributed by atoms with Crippen molar-refractivity contribution >= 4 is 28.5 Å². The number of nitrogens with two attached hydrogens (primary N) is 2. The third-order valence-electron chi connectivity index (χ3n) is 6.62. The molecule has 0 spiro atoms. The Bertz CT molecular complexity index is 1510. The van der Waals surface area contributed by atoms with Crippen LogP contribution in [0.15, 0.2) is 58.4 Å². The molecule has 0 saturated heterocycles. The van der Waals surface area contributed by atoms with Crippen LogP contribution in [0.4, 0.5) is 4.39 Å². The molecule has 0 fully saturated rings. The van der Waals surface area contributed by atoms with Gasteiger partial charge in [0.25, 0.3) is 0 Å². The number of aryl methyl sites for hydroxylation is 1. The van der Waals surface area contributed by atoms with E-state index in [0.717, 1.165) is 43.4 Å². The summed E-state index contributed by atoms with van der Waals surface area (Å²) in [6.07, 6.45) is 5.13. The van der Waals surface area contributed by atoms with E-state index in [2.05, 4.69) is 27.2 Å². The number of rotatable bonds is 12. The number of hydrogen-bond donors (Lipinski definition) is 4. The highest BCUT2D eigenvalue weighted by Gasteiger charge is 2.15. The quantitative estimate of drug-likeness (QED) is 0.113. The zero-order valence-corrected chi connectivity index (χ0v) is 23.1. The Balaban J connectivity index is 1.54. The Morgan fingerprint density at radius 3 is 2.69 bits per heavy atom. The lowest BCUT2D eigenvalue weighted by molar-refractivity contribution is 0.562. The highest BCUT2D eigenvalue weighted by atomic mass is 35.5. The van der Waals surface area contributed by atoms with Crippen LogP contribution in [0.25, 0.3) is 28.0 Å². The van der Waals surface area contributed by atoms with E-state index in [4.69, 9.17) is 23.1 Å². The Hall–Kier alpha value is -3.53. The molecule has 1 unspecified atom stereocenters. The Morgan fingerprint density at radius 1 is 1.21 bits per heavy atom. The summed E-state index contributed by atoms with van der Waals surface area (Å²) in [6, 6.07) is 13.1. The van der Waals surface area contributed by atoms with Gasteiger partial charge in [-0.1, -0.05) is 23.7 Å². The van der Waals surface area contributed by atoms with Crippen molar-refractivity contribution in [3.8, 4) is 16.9 Å². The van der Waals surface area contributed by atoms with Gasteiger partial charge in [0.1, 0.15) is 5.65 Å². The van der Waals surface area contributed by atoms with Crippen molar-refractivity contribution in [2.45, 2.75) is 45.6 Å². The number of halogens is 2. The summed E-state index contributed by atoms with van der Waals surface area (Å²) in [7, 11) is 0. The van der Waals surface area contributed by atoms with Gasteiger partial charge in [-0.3, -0.25) is 9.56 Å². The van der Waals surface area contributed by atoms with Gasteiger partial charge in [-0.15, -0.1) is 0 Å². The molecule has 6 N–H and O–H groups in total. The van der Waals surface area contributed by atoms with Crippen LogP contribution in [0.2, 0.25) is 5.02 Å². The van der Waals surface area contributed by atoms with Crippen LogP contribution < -0.4 is 22.5 Å². The van der Waals surface area contributed by atoms with Crippen LogP contribution in [0, 0.1) is 5.82 Å². The van der Waals surface area contributed by atoms with Gasteiger partial charge in [-0.2, -0.15) is 4.98 Å². The van der Waals surface area contributed by atoms with Gasteiger partial charge >= 0.3 is 5.69 Å². The van der Waals surface area contributed by atoms with Gasteiger partial charge < -0.3 is 21.8 Å². The van der Waals surface area contributed by atoms with Gasteiger partial charge in [0, 0.05) is 29.7 Å². The highest BCUT2D eigenvalue weighted by molar-refractivity contribution is 6.31. The first-order valence-corrected chi connectivity index (χ1v) is 13.6. The summed E-state index contributed by atoms with van der Waals surface area (Å²) in [4.78, 5) is 24.4. The maximum atomic E-state index is 15.0. The SMILES string of the molecule is CC(N)=NCCCNC(C)c1ccc(-n2cc3cc(-c4cc(CCCCN)cc(Cl)c4F)[nH]c3nc2=O)cc1. The average Bonchev–Trinajstić information content (AvgIpc) is 3.32. The molecule has 4 rings (SSSR count). The van der Waals surface area contributed by atoms with Crippen molar-refractivity contribution in [2.24, 2.45) is 16.5 Å². The number of aromatic amines is 1. The number of benzene rings is 2. The van der Waals surface area contributed by atoms with Gasteiger partial charge in [0.15, 0.2) is 5.82 Å². The zero-order chi connectivity index (χ0) is 27.9. The van der Waals surface area contributed by atoms with E-state index >= 15 is 0 Å². The first-order valence-electron chi connectivity index (χ1n) is 13.2. The molecule has 0 amide bonds. The van der Waals surface area contributed by atoms with Gasteiger partial charge in [-0.25, -0.2) is 9.18 Å². The fourth-order valence-corrected chi connectivity index (χ4v) is 4.72. The van der Waals surface area contributed by atoms with Crippen molar-refractivity contribution in [2.75, 3.05) is 19.6 Å². The molecule has 0 radical (unpaired) electrons. The summed E-state index contributed by atoms with van der Waals surface area (Å²) >= 11 is 6.20. The van der Waals surface area contributed by atoms with E-state index in [-0.39, 0.29) is 11.1 Å². The second-order valence-corrected chi connectivity index (χ2v) is 10.1. The third-order valence-corrected chi connectivity index (χ3v) is 6.90. The van der Waals surface area contributed by atoms with Gasteiger partial charge in [0.2, 0.25) is 0 Å². The van der Waals surface area contributed by atoms with E-state index in [1.807, 2.05) is 24.3 Å². The molecule has 0 saturated carbocycles. The van der Waals surface area contributed by atoms with Crippen LogP contribution in [-0.2, 0) is 6.42 Å². The summed E-state index contributed by atoms with van der Waals surface area (Å²) < 4.78 is 16.5. The number of aliphatic imine (C=N–C) groups is 1. The fourth-order valence-electron chi connectivity index (χ4n) is 4.48. The minimum absolute atomic E-state index is 0.0596. The normalized spacial score (nSPS) is 12.8. The molecule has 2 aromatic heterocycles. The van der Waals surface area contributed by atoms with E-state index < -0.39 is 11.5 Å². The largest absolute Gasteiger partial charge is 0.388 e. The van der Waals surface area contributed by atoms with Crippen LogP contribution in [0.5, 0.6) is 0 Å². The number of H-pyrrole nitrogens is 1. The molecule has 10 heteroatoms. The van der Waals surface area contributed by atoms with Crippen molar-refractivity contribution in [1.82, 2.24) is 19.9 Å². The number of unbranched alkanes of at least 4 members (excludes halogenated alkanes) is 1. The van der Waals surface area contributed by atoms with Crippen LogP contribution >= 0.6 is 11.6 Å². The summed E-state index contributed by atoms with van der Waals surface area (Å²) in [5.41, 5.74) is 14.7. The summed E-state index contributed by atoms with van der Waals surface area (Å²) in [5.74, 6) is 0.0822. The number of hydrogen-bond acceptors (Lipinski definition) is 5. The highest BCUT2D eigenvalue weighted by Crippen LogP contribution is 2.31. The lowest BCUT2D eigenvalue weighted by atomic mass is 10.0. The Kier molecular flexibility index (Phi) is 9.50. The average molecular weight is 552 g/mol. The number of nitrogens with zero attached hydrogens (tertiary/aromatic N) is 3. The molecule has 206 valence electrons. The van der Waals surface area contributed by atoms with E-state index in [1.54, 1.807) is 31.3 Å². The maximum Gasteiger partial charge on any atom is 0.354 e. The molecular formula is C29H35ClFN7O. The number of fused-ring (bicyclic) bond motifs is 1. The molecule has 2 aromatic carbocycles. The van der Waals surface area contributed by atoms with Gasteiger partial charge in [-0.05, 0) is 94.1 Å². The predicted molar refractivity (Wildman–Crippen MR) is 157 cm³/mol. The molecular weight excluding hydrogens is 517 g/mol. The van der Waals surface area contributed by atoms with E-state index in [0.29, 0.717) is 46.9 Å². The molecule has 1 atom stereocenters. The fraction of sp³-hybridized carbons (Fsp3) is 0.345. The summed E-state index contributed by atoms with van der Waals surface area (Å²) in [6.45, 7) is 5.99. The standard InChI is InChI=1S/C29H35ClFN7O/c1-18(34-12-5-13-35-19(2)33)21-7-9-23(10-8-21)38-17-22-16-26(36-28(22)37-29(38)39)24-14-20(6-3-4-11-32)15-25(30)27(24)31/h7-10,14-18,34H,3-6,11-13,32H2,1-2H3,(H2,33,35)(H,36,37,39). The zero-order valence-electron chi connectivity index (χ0n) is 22.3. The molecule has 0 bridgehead atoms. The number of aromatic nitrogens is 3. The first kappa shape index (κ1) is 28.5. The second kappa shape index (κ2) is 13.0. The molecule has 8 nitrogen and oxygen atoms in total. The molecule has 39 heavy (non-hydrogen) atoms. The van der Waals surface area contributed by atoms with Crippen LogP contribution in [0.1, 0.15) is 50.3 Å². The van der Waals surface area contributed by atoms with Crippen molar-refractivity contribution < 1.29 is 4.39 Å². The smallest absolute Gasteiger partial charge is 0.354 e. The van der Waals surface area contributed by atoms with E-state index in [1.165, 1.54) is 4.57 Å². The molecule has 4 aromatic rings. The molecule has 2 heterocycles. The topological polar surface area (TPSA) is 127 Å². The molecule has 0 aliphatic heterocycles. The first-order chi connectivity index (χ1) is 18.8. The second-order valence-electron chi connectivity index (χ2n) is 9.71. The minimum atomic E-state index is -0.512. The van der Waals surface area contributed by atoms with Crippen molar-refractivity contribution in [3.63, 3.8) is 0 Å². The summed E-state index contributed by atoms with van der Waals surface area (Å²) in [5, 5.41) is 4.21. The molecule has 0 aliphatic rings. The Labute approximate surface area is 232 Å². The Morgan fingerprint density at radius 2 is 1.97 bits per heavy atom. The van der Waals surface area contributed by atoms with Crippen molar-refractivity contribution in [1.29, 1.82) is 0 Å². The van der Waals surface area contributed by atoms with Gasteiger partial charge in [0.05, 0.1) is 22.2 Å². The monoisotopic (exact) mass is 551 g/mol. The lowest BCUT2D eigenvalue weighted by Gasteiger charge is -2.15. The van der Waals surface area contributed by atoms with Crippen molar-refractivity contribution in [3.05, 3.63) is 81.1 Å². The predicted octanol–water partition coefficient (Wildman–Crippen LogP) is 4.87. The number of nitrogens with one attached hydrogen (secondary N) is 2. The van der Waals surface area contributed by atoms with E-state index in [9.17, 15) is 9.18 Å². The number of amidine groups is 1. The minimum Gasteiger partial charge on any atom is -0.388 e. The van der Waals surface area contributed by atoms with Crippen LogP contribution in [0.3, 0.4) is 0 Å². The maximum absolute atomic E-state index is 15.0. The third kappa shape index (κ3) is 7.11.